The van der Waals surface area contributed by atoms with Crippen LogP contribution in [0.15, 0.2) is 12.4 Å². The first-order valence-electron chi connectivity index (χ1n) is 6.97. The lowest BCUT2D eigenvalue weighted by molar-refractivity contribution is -0.00992. The first kappa shape index (κ1) is 13.1. The minimum Gasteiger partial charge on any atom is -0.383 e. The number of ether oxygens (including phenoxy) is 2. The Bertz CT molecular complexity index is 457. The molecule has 0 spiro atoms. The molecular weight excluding hydrogens is 242 g/mol. The second kappa shape index (κ2) is 4.58. The molecule has 2 fully saturated rings. The van der Waals surface area contributed by atoms with Gasteiger partial charge in [0.25, 0.3) is 0 Å². The number of aromatic nitrogens is 2. The molecule has 1 aliphatic heterocycles. The topological polar surface area (TPSA) is 48.3 Å². The van der Waals surface area contributed by atoms with Crippen molar-refractivity contribution in [1.29, 1.82) is 0 Å². The fourth-order valence-corrected chi connectivity index (χ4v) is 3.20. The molecule has 2 heterocycles. The van der Waals surface area contributed by atoms with Gasteiger partial charge in [-0.15, -0.1) is 0 Å². The van der Waals surface area contributed by atoms with E-state index in [4.69, 9.17) is 9.47 Å². The lowest BCUT2D eigenvalue weighted by Crippen LogP contribution is -2.48. The van der Waals surface area contributed by atoms with Crippen LogP contribution in [-0.2, 0) is 22.6 Å². The molecule has 3 rings (SSSR count). The molecule has 19 heavy (non-hydrogen) atoms. The molecular formula is C14H23N3O2. The van der Waals surface area contributed by atoms with Crippen molar-refractivity contribution in [3.05, 3.63) is 18.0 Å². The highest BCUT2D eigenvalue weighted by molar-refractivity contribution is 5.24. The van der Waals surface area contributed by atoms with E-state index in [2.05, 4.69) is 30.5 Å². The van der Waals surface area contributed by atoms with Crippen LogP contribution in [0.25, 0.3) is 0 Å². The SMILES string of the molecule is COCCn1cc(CNC23CC2COC3(C)C)cn1. The van der Waals surface area contributed by atoms with Crippen molar-refractivity contribution in [3.8, 4) is 0 Å². The third-order valence-electron chi connectivity index (χ3n) is 4.64. The number of nitrogens with one attached hydrogen (secondary N) is 1. The highest BCUT2D eigenvalue weighted by atomic mass is 16.5. The summed E-state index contributed by atoms with van der Waals surface area (Å²) in [6.07, 6.45) is 5.25. The van der Waals surface area contributed by atoms with Crippen molar-refractivity contribution in [3.63, 3.8) is 0 Å². The molecule has 0 radical (unpaired) electrons. The summed E-state index contributed by atoms with van der Waals surface area (Å²) in [7, 11) is 1.71. The van der Waals surface area contributed by atoms with E-state index in [1.54, 1.807) is 7.11 Å². The standard InChI is InChI=1S/C14H23N3O2/c1-13(2)14(6-12(14)10-19-13)15-7-11-8-16-17(9-11)4-5-18-3/h8-9,12,15H,4-7,10H2,1-3H3. The molecule has 5 nitrogen and oxygen atoms in total. The van der Waals surface area contributed by atoms with Gasteiger partial charge in [0.15, 0.2) is 0 Å². The van der Waals surface area contributed by atoms with E-state index in [1.807, 2.05) is 10.9 Å². The van der Waals surface area contributed by atoms with E-state index in [9.17, 15) is 0 Å². The first-order chi connectivity index (χ1) is 9.07. The zero-order valence-electron chi connectivity index (χ0n) is 12.0. The van der Waals surface area contributed by atoms with Gasteiger partial charge in [0.05, 0.1) is 37.1 Å². The van der Waals surface area contributed by atoms with E-state index in [0.29, 0.717) is 12.5 Å². The van der Waals surface area contributed by atoms with Crippen LogP contribution in [0.1, 0.15) is 25.8 Å². The second-order valence-electron chi connectivity index (χ2n) is 6.15. The Morgan fingerprint density at radius 1 is 1.58 bits per heavy atom. The predicted molar refractivity (Wildman–Crippen MR) is 71.8 cm³/mol. The number of rotatable bonds is 6. The van der Waals surface area contributed by atoms with Crippen molar-refractivity contribution >= 4 is 0 Å². The van der Waals surface area contributed by atoms with Gasteiger partial charge >= 0.3 is 0 Å². The molecule has 1 N–H and O–H groups in total. The first-order valence-corrected chi connectivity index (χ1v) is 6.97. The molecule has 5 heteroatoms. The molecule has 106 valence electrons. The summed E-state index contributed by atoms with van der Waals surface area (Å²) in [5.41, 5.74) is 1.35. The van der Waals surface area contributed by atoms with Crippen molar-refractivity contribution in [2.45, 2.75) is 44.5 Å². The smallest absolute Gasteiger partial charge is 0.0811 e. The van der Waals surface area contributed by atoms with E-state index in [0.717, 1.165) is 19.7 Å². The summed E-state index contributed by atoms with van der Waals surface area (Å²) >= 11 is 0. The molecule has 1 saturated heterocycles. The number of nitrogens with zero attached hydrogens (tertiary/aromatic N) is 2. The summed E-state index contributed by atoms with van der Waals surface area (Å²) in [6, 6.07) is 0. The Kier molecular flexibility index (Phi) is 3.15. The Hall–Kier alpha value is -0.910. The second-order valence-corrected chi connectivity index (χ2v) is 6.15. The Morgan fingerprint density at radius 3 is 3.05 bits per heavy atom. The number of fused-ring (bicyclic) bond motifs is 1. The van der Waals surface area contributed by atoms with Gasteiger partial charge in [-0.05, 0) is 20.3 Å². The van der Waals surface area contributed by atoms with Crippen molar-refractivity contribution in [2.24, 2.45) is 5.92 Å². The van der Waals surface area contributed by atoms with Gasteiger partial charge in [0, 0.05) is 31.3 Å². The van der Waals surface area contributed by atoms with Crippen LogP contribution in [-0.4, -0.2) is 41.2 Å². The molecule has 2 unspecified atom stereocenters. The van der Waals surface area contributed by atoms with Gasteiger partial charge in [-0.25, -0.2) is 0 Å². The van der Waals surface area contributed by atoms with Crippen LogP contribution >= 0.6 is 0 Å². The summed E-state index contributed by atoms with van der Waals surface area (Å²) in [5.74, 6) is 0.686. The molecule has 0 amide bonds. The number of hydrogen-bond acceptors (Lipinski definition) is 4. The largest absolute Gasteiger partial charge is 0.383 e. The predicted octanol–water partition coefficient (Wildman–Crippen LogP) is 1.19. The maximum atomic E-state index is 5.85. The average Bonchev–Trinajstić information content (AvgIpc) is 2.83. The van der Waals surface area contributed by atoms with Crippen molar-refractivity contribution < 1.29 is 9.47 Å². The Labute approximate surface area is 114 Å². The lowest BCUT2D eigenvalue weighted by atomic mass is 9.95. The summed E-state index contributed by atoms with van der Waals surface area (Å²) in [4.78, 5) is 0. The highest BCUT2D eigenvalue weighted by Crippen LogP contribution is 2.57. The van der Waals surface area contributed by atoms with Crippen LogP contribution in [0.4, 0.5) is 0 Å². The monoisotopic (exact) mass is 265 g/mol. The zero-order chi connectivity index (χ0) is 13.5. The molecule has 1 aromatic heterocycles. The van der Waals surface area contributed by atoms with Gasteiger partial charge in [-0.2, -0.15) is 5.10 Å². The van der Waals surface area contributed by atoms with Crippen LogP contribution in [0.2, 0.25) is 0 Å². The molecule has 1 saturated carbocycles. The van der Waals surface area contributed by atoms with E-state index < -0.39 is 0 Å². The fourth-order valence-electron chi connectivity index (χ4n) is 3.20. The van der Waals surface area contributed by atoms with Gasteiger partial charge in [-0.1, -0.05) is 0 Å². The van der Waals surface area contributed by atoms with Gasteiger partial charge in [0.2, 0.25) is 0 Å². The quantitative estimate of drug-likeness (QED) is 0.839. The van der Waals surface area contributed by atoms with Gasteiger partial charge in [-0.3, -0.25) is 4.68 Å². The molecule has 1 aromatic rings. The van der Waals surface area contributed by atoms with E-state index in [-0.39, 0.29) is 11.1 Å². The molecule has 0 aromatic carbocycles. The van der Waals surface area contributed by atoms with E-state index >= 15 is 0 Å². The van der Waals surface area contributed by atoms with Crippen LogP contribution < -0.4 is 5.32 Å². The van der Waals surface area contributed by atoms with Crippen LogP contribution in [0, 0.1) is 5.92 Å². The molecule has 1 aliphatic carbocycles. The maximum Gasteiger partial charge on any atom is 0.0811 e. The summed E-state index contributed by atoms with van der Waals surface area (Å²) < 4.78 is 12.8. The fraction of sp³-hybridized carbons (Fsp3) is 0.786. The van der Waals surface area contributed by atoms with Gasteiger partial charge < -0.3 is 14.8 Å². The Balaban J connectivity index is 1.57. The molecule has 2 atom stereocenters. The minimum atomic E-state index is -0.0519. The maximum absolute atomic E-state index is 5.85. The molecule has 2 aliphatic rings. The van der Waals surface area contributed by atoms with Crippen molar-refractivity contribution in [2.75, 3.05) is 20.3 Å². The third-order valence-corrected chi connectivity index (χ3v) is 4.64. The summed E-state index contributed by atoms with van der Waals surface area (Å²) in [5, 5.41) is 8.04. The van der Waals surface area contributed by atoms with Crippen LogP contribution in [0.3, 0.4) is 0 Å². The highest BCUT2D eigenvalue weighted by Gasteiger charge is 2.68. The number of methoxy groups -OCH3 is 1. The minimum absolute atomic E-state index is 0.0519. The van der Waals surface area contributed by atoms with E-state index in [1.165, 1.54) is 12.0 Å². The molecule has 0 bridgehead atoms. The lowest BCUT2D eigenvalue weighted by Gasteiger charge is -2.31. The average molecular weight is 265 g/mol. The zero-order valence-corrected chi connectivity index (χ0v) is 12.0. The van der Waals surface area contributed by atoms with Gasteiger partial charge in [0.1, 0.15) is 0 Å². The Morgan fingerprint density at radius 2 is 2.42 bits per heavy atom. The van der Waals surface area contributed by atoms with Crippen LogP contribution in [0.5, 0.6) is 0 Å². The normalized spacial score (nSPS) is 31.4. The van der Waals surface area contributed by atoms with Crippen molar-refractivity contribution in [1.82, 2.24) is 15.1 Å². The number of hydrogen-bond donors (Lipinski definition) is 1. The summed E-state index contributed by atoms with van der Waals surface area (Å²) in [6.45, 7) is 7.63. The third kappa shape index (κ3) is 2.20.